The molecule has 98 valence electrons. The van der Waals surface area contributed by atoms with Crippen LogP contribution in [0.4, 0.5) is 0 Å². The summed E-state index contributed by atoms with van der Waals surface area (Å²) in [5.74, 6) is 8.00. The van der Waals surface area contributed by atoms with Crippen LogP contribution in [0.2, 0.25) is 0 Å². The van der Waals surface area contributed by atoms with Gasteiger partial charge in [0, 0.05) is 5.92 Å². The Morgan fingerprint density at radius 2 is 2.00 bits per heavy atom. The first kappa shape index (κ1) is 14.6. The number of ether oxygens (including phenoxy) is 1. The van der Waals surface area contributed by atoms with Gasteiger partial charge in [0.1, 0.15) is 5.75 Å². The zero-order valence-electron chi connectivity index (χ0n) is 12.2. The number of rotatable bonds is 5. The molecule has 0 aliphatic heterocycles. The SMILES string of the molecule is CC#CC(C)C(C)c1cc(C)ccc1OCCC. The number of benzene rings is 1. The van der Waals surface area contributed by atoms with Gasteiger partial charge in [0.2, 0.25) is 0 Å². The normalized spacial score (nSPS) is 13.4. The van der Waals surface area contributed by atoms with Crippen LogP contribution in [0.5, 0.6) is 5.75 Å². The predicted octanol–water partition coefficient (Wildman–Crippen LogP) is 4.55. The predicted molar refractivity (Wildman–Crippen MR) is 78.0 cm³/mol. The van der Waals surface area contributed by atoms with E-state index in [2.05, 4.69) is 57.7 Å². The summed E-state index contributed by atoms with van der Waals surface area (Å²) in [7, 11) is 0. The van der Waals surface area contributed by atoms with E-state index in [1.807, 2.05) is 6.92 Å². The van der Waals surface area contributed by atoms with Crippen LogP contribution in [0.25, 0.3) is 0 Å². The van der Waals surface area contributed by atoms with Crippen LogP contribution >= 0.6 is 0 Å². The average Bonchev–Trinajstić information content (AvgIpc) is 2.36. The molecule has 1 aromatic rings. The highest BCUT2D eigenvalue weighted by atomic mass is 16.5. The van der Waals surface area contributed by atoms with Crippen molar-refractivity contribution in [1.82, 2.24) is 0 Å². The van der Waals surface area contributed by atoms with Crippen LogP contribution in [0.1, 0.15) is 51.2 Å². The molecule has 0 saturated heterocycles. The topological polar surface area (TPSA) is 9.23 Å². The van der Waals surface area contributed by atoms with Crippen molar-refractivity contribution in [2.24, 2.45) is 5.92 Å². The Labute approximate surface area is 112 Å². The fourth-order valence-electron chi connectivity index (χ4n) is 1.99. The third-order valence-electron chi connectivity index (χ3n) is 3.24. The molecule has 1 rings (SSSR count). The first-order chi connectivity index (χ1) is 8.60. The van der Waals surface area contributed by atoms with E-state index in [4.69, 9.17) is 4.74 Å². The summed E-state index contributed by atoms with van der Waals surface area (Å²) >= 11 is 0. The third kappa shape index (κ3) is 3.81. The molecule has 0 bridgehead atoms. The van der Waals surface area contributed by atoms with Crippen molar-refractivity contribution < 1.29 is 4.74 Å². The van der Waals surface area contributed by atoms with Gasteiger partial charge in [0.05, 0.1) is 6.61 Å². The fraction of sp³-hybridized carbons (Fsp3) is 0.529. The van der Waals surface area contributed by atoms with Crippen molar-refractivity contribution in [1.29, 1.82) is 0 Å². The van der Waals surface area contributed by atoms with Gasteiger partial charge in [0.25, 0.3) is 0 Å². The largest absolute Gasteiger partial charge is 0.493 e. The highest BCUT2D eigenvalue weighted by Crippen LogP contribution is 2.32. The second kappa shape index (κ2) is 7.11. The molecule has 0 fully saturated rings. The molecule has 0 heterocycles. The van der Waals surface area contributed by atoms with Gasteiger partial charge in [-0.1, -0.05) is 44.4 Å². The van der Waals surface area contributed by atoms with E-state index in [0.717, 1.165) is 18.8 Å². The minimum atomic E-state index is 0.348. The van der Waals surface area contributed by atoms with Crippen molar-refractivity contribution in [3.05, 3.63) is 29.3 Å². The lowest BCUT2D eigenvalue weighted by Crippen LogP contribution is -2.08. The highest BCUT2D eigenvalue weighted by Gasteiger charge is 2.17. The van der Waals surface area contributed by atoms with Crippen molar-refractivity contribution in [3.8, 4) is 17.6 Å². The standard InChI is InChI=1S/C17H24O/c1-6-8-14(4)15(5)16-12-13(3)9-10-17(16)18-11-7-2/h9-10,12,14-15H,7,11H2,1-5H3. The smallest absolute Gasteiger partial charge is 0.122 e. The van der Waals surface area contributed by atoms with Gasteiger partial charge in [0.15, 0.2) is 0 Å². The summed E-state index contributed by atoms with van der Waals surface area (Å²) in [5.41, 5.74) is 2.55. The Balaban J connectivity index is 3.02. The zero-order chi connectivity index (χ0) is 13.5. The van der Waals surface area contributed by atoms with Crippen molar-refractivity contribution >= 4 is 0 Å². The summed E-state index contributed by atoms with van der Waals surface area (Å²) in [6.07, 6.45) is 1.03. The third-order valence-corrected chi connectivity index (χ3v) is 3.24. The molecule has 0 amide bonds. The molecule has 1 aromatic carbocycles. The lowest BCUT2D eigenvalue weighted by molar-refractivity contribution is 0.311. The minimum absolute atomic E-state index is 0.348. The van der Waals surface area contributed by atoms with E-state index >= 15 is 0 Å². The van der Waals surface area contributed by atoms with Gasteiger partial charge in [-0.2, -0.15) is 0 Å². The van der Waals surface area contributed by atoms with Crippen molar-refractivity contribution in [3.63, 3.8) is 0 Å². The van der Waals surface area contributed by atoms with Gasteiger partial charge in [-0.25, -0.2) is 0 Å². The summed E-state index contributed by atoms with van der Waals surface area (Å²) < 4.78 is 5.84. The first-order valence-corrected chi connectivity index (χ1v) is 6.75. The number of aryl methyl sites for hydroxylation is 1. The Morgan fingerprint density at radius 1 is 1.28 bits per heavy atom. The Morgan fingerprint density at radius 3 is 2.61 bits per heavy atom. The van der Waals surface area contributed by atoms with Crippen LogP contribution in [0.3, 0.4) is 0 Å². The average molecular weight is 244 g/mol. The van der Waals surface area contributed by atoms with Gasteiger partial charge in [-0.3, -0.25) is 0 Å². The molecular formula is C17H24O. The van der Waals surface area contributed by atoms with Crippen LogP contribution in [0, 0.1) is 24.7 Å². The van der Waals surface area contributed by atoms with Crippen LogP contribution < -0.4 is 4.74 Å². The molecule has 1 heteroatoms. The summed E-state index contributed by atoms with van der Waals surface area (Å²) in [5, 5.41) is 0. The lowest BCUT2D eigenvalue weighted by atomic mass is 9.88. The van der Waals surface area contributed by atoms with E-state index < -0.39 is 0 Å². The van der Waals surface area contributed by atoms with Gasteiger partial charge >= 0.3 is 0 Å². The van der Waals surface area contributed by atoms with E-state index in [1.165, 1.54) is 11.1 Å². The molecule has 0 radical (unpaired) electrons. The number of hydrogen-bond donors (Lipinski definition) is 0. The zero-order valence-corrected chi connectivity index (χ0v) is 12.2. The fourth-order valence-corrected chi connectivity index (χ4v) is 1.99. The highest BCUT2D eigenvalue weighted by molar-refractivity contribution is 5.40. The maximum Gasteiger partial charge on any atom is 0.122 e. The summed E-state index contributed by atoms with van der Waals surface area (Å²) in [6.45, 7) is 11.3. The molecule has 0 N–H and O–H groups in total. The van der Waals surface area contributed by atoms with E-state index in [9.17, 15) is 0 Å². The van der Waals surface area contributed by atoms with Gasteiger partial charge in [-0.15, -0.1) is 5.92 Å². The minimum Gasteiger partial charge on any atom is -0.493 e. The van der Waals surface area contributed by atoms with Crippen LogP contribution in [0.15, 0.2) is 18.2 Å². The quantitative estimate of drug-likeness (QED) is 0.691. The maximum absolute atomic E-state index is 5.84. The summed E-state index contributed by atoms with van der Waals surface area (Å²) in [4.78, 5) is 0. The Hall–Kier alpha value is -1.42. The van der Waals surface area contributed by atoms with Crippen molar-refractivity contribution in [2.45, 2.75) is 47.0 Å². The monoisotopic (exact) mass is 244 g/mol. The number of hydrogen-bond acceptors (Lipinski definition) is 1. The first-order valence-electron chi connectivity index (χ1n) is 6.75. The molecule has 0 saturated carbocycles. The van der Waals surface area contributed by atoms with Gasteiger partial charge in [-0.05, 0) is 37.8 Å². The van der Waals surface area contributed by atoms with Gasteiger partial charge < -0.3 is 4.74 Å². The van der Waals surface area contributed by atoms with Crippen LogP contribution in [-0.4, -0.2) is 6.61 Å². The van der Waals surface area contributed by atoms with E-state index in [1.54, 1.807) is 0 Å². The van der Waals surface area contributed by atoms with E-state index in [0.29, 0.717) is 11.8 Å². The molecule has 0 aromatic heterocycles. The molecule has 2 unspecified atom stereocenters. The van der Waals surface area contributed by atoms with Crippen molar-refractivity contribution in [2.75, 3.05) is 6.61 Å². The summed E-state index contributed by atoms with van der Waals surface area (Å²) in [6, 6.07) is 6.42. The molecule has 0 aliphatic rings. The molecule has 18 heavy (non-hydrogen) atoms. The lowest BCUT2D eigenvalue weighted by Gasteiger charge is -2.20. The second-order valence-corrected chi connectivity index (χ2v) is 4.86. The second-order valence-electron chi connectivity index (χ2n) is 4.86. The molecule has 0 spiro atoms. The molecule has 2 atom stereocenters. The molecular weight excluding hydrogens is 220 g/mol. The maximum atomic E-state index is 5.84. The Kier molecular flexibility index (Phi) is 5.78. The Bertz CT molecular complexity index is 437. The molecule has 1 nitrogen and oxygen atoms in total. The molecule has 0 aliphatic carbocycles. The van der Waals surface area contributed by atoms with E-state index in [-0.39, 0.29) is 0 Å². The van der Waals surface area contributed by atoms with Crippen LogP contribution in [-0.2, 0) is 0 Å².